The van der Waals surface area contributed by atoms with Crippen molar-refractivity contribution in [1.29, 1.82) is 0 Å². The maximum absolute atomic E-state index is 12.0. The van der Waals surface area contributed by atoms with Crippen LogP contribution in [0.4, 0.5) is 0 Å². The lowest BCUT2D eigenvalue weighted by atomic mass is 9.86. The zero-order valence-electron chi connectivity index (χ0n) is 17.4. The van der Waals surface area contributed by atoms with Crippen LogP contribution in [0.3, 0.4) is 0 Å². The predicted molar refractivity (Wildman–Crippen MR) is 128 cm³/mol. The summed E-state index contributed by atoms with van der Waals surface area (Å²) < 4.78 is 25.5. The minimum Gasteiger partial charge on any atom is -0.356 e. The first-order valence-electron chi connectivity index (χ1n) is 9.75. The first-order valence-corrected chi connectivity index (χ1v) is 11.4. The molecular weight excluding hydrogens is 487 g/mol. The molecule has 28 heavy (non-hydrogen) atoms. The van der Waals surface area contributed by atoms with Crippen LogP contribution in [0.2, 0.25) is 0 Å². The molecular formula is C20H35IN4O2S. The molecule has 1 aliphatic heterocycles. The molecule has 0 unspecified atom stereocenters. The van der Waals surface area contributed by atoms with E-state index in [9.17, 15) is 8.42 Å². The van der Waals surface area contributed by atoms with Crippen LogP contribution in [-0.2, 0) is 16.4 Å². The van der Waals surface area contributed by atoms with E-state index >= 15 is 0 Å². The molecule has 0 aliphatic carbocycles. The highest BCUT2D eigenvalue weighted by molar-refractivity contribution is 14.0. The third-order valence-corrected chi connectivity index (χ3v) is 6.92. The lowest BCUT2D eigenvalue weighted by Gasteiger charge is -2.33. The van der Waals surface area contributed by atoms with Gasteiger partial charge >= 0.3 is 0 Å². The van der Waals surface area contributed by atoms with E-state index in [0.29, 0.717) is 13.1 Å². The van der Waals surface area contributed by atoms with E-state index in [0.717, 1.165) is 31.8 Å². The number of hydrogen-bond acceptors (Lipinski definition) is 3. The molecule has 0 atom stereocenters. The average Bonchev–Trinajstić information content (AvgIpc) is 2.66. The molecule has 2 rings (SSSR count). The van der Waals surface area contributed by atoms with Crippen molar-refractivity contribution in [2.75, 3.05) is 32.4 Å². The summed E-state index contributed by atoms with van der Waals surface area (Å²) in [5.41, 5.74) is 1.43. The highest BCUT2D eigenvalue weighted by atomic mass is 127. The molecule has 0 radical (unpaired) electrons. The fourth-order valence-electron chi connectivity index (χ4n) is 3.38. The van der Waals surface area contributed by atoms with Crippen molar-refractivity contribution in [3.05, 3.63) is 35.9 Å². The topological polar surface area (TPSA) is 73.8 Å². The molecule has 0 aromatic heterocycles. The molecule has 1 aromatic carbocycles. The largest absolute Gasteiger partial charge is 0.356 e. The van der Waals surface area contributed by atoms with Gasteiger partial charge in [0, 0.05) is 32.7 Å². The molecule has 0 amide bonds. The number of hydrogen-bond donors (Lipinski definition) is 2. The van der Waals surface area contributed by atoms with Crippen LogP contribution >= 0.6 is 24.0 Å². The van der Waals surface area contributed by atoms with Crippen LogP contribution in [0.15, 0.2) is 35.3 Å². The molecule has 6 nitrogen and oxygen atoms in total. The van der Waals surface area contributed by atoms with Gasteiger partial charge in [0.25, 0.3) is 0 Å². The zero-order valence-corrected chi connectivity index (χ0v) is 20.6. The molecule has 160 valence electrons. The molecule has 1 heterocycles. The van der Waals surface area contributed by atoms with E-state index in [1.165, 1.54) is 5.56 Å². The Hall–Kier alpha value is -0.870. The number of benzene rings is 1. The van der Waals surface area contributed by atoms with E-state index in [4.69, 9.17) is 0 Å². The normalized spacial score (nSPS) is 17.1. The lowest BCUT2D eigenvalue weighted by molar-refractivity contribution is 0.304. The summed E-state index contributed by atoms with van der Waals surface area (Å²) in [4.78, 5) is 4.34. The van der Waals surface area contributed by atoms with Gasteiger partial charge in [-0.05, 0) is 37.2 Å². The van der Waals surface area contributed by atoms with Crippen LogP contribution in [0.5, 0.6) is 0 Å². The second kappa shape index (κ2) is 11.3. The maximum Gasteiger partial charge on any atom is 0.213 e. The molecule has 1 saturated heterocycles. The summed E-state index contributed by atoms with van der Waals surface area (Å²) in [6, 6.07) is 10.8. The molecule has 0 bridgehead atoms. The number of aliphatic imine (C=N–C) groups is 1. The van der Waals surface area contributed by atoms with Gasteiger partial charge in [-0.25, -0.2) is 12.7 Å². The van der Waals surface area contributed by atoms with Crippen molar-refractivity contribution < 1.29 is 8.42 Å². The fraction of sp³-hybridized carbons (Fsp3) is 0.650. The van der Waals surface area contributed by atoms with Gasteiger partial charge in [-0.15, -0.1) is 24.0 Å². The first-order chi connectivity index (χ1) is 12.8. The van der Waals surface area contributed by atoms with Crippen molar-refractivity contribution in [2.45, 2.75) is 46.1 Å². The Morgan fingerprint density at radius 3 is 2.36 bits per heavy atom. The highest BCUT2D eigenvalue weighted by Crippen LogP contribution is 2.21. The Balaban J connectivity index is 0.00000392. The van der Waals surface area contributed by atoms with Crippen molar-refractivity contribution in [1.82, 2.24) is 14.9 Å². The summed E-state index contributed by atoms with van der Waals surface area (Å²) in [5.74, 6) is 0.957. The summed E-state index contributed by atoms with van der Waals surface area (Å²) in [7, 11) is -1.30. The Kier molecular flexibility index (Phi) is 10.2. The Morgan fingerprint density at radius 1 is 1.21 bits per heavy atom. The van der Waals surface area contributed by atoms with E-state index in [-0.39, 0.29) is 41.2 Å². The predicted octanol–water partition coefficient (Wildman–Crippen LogP) is 2.85. The summed E-state index contributed by atoms with van der Waals surface area (Å²) in [5, 5.41) is 6.89. The molecule has 2 N–H and O–H groups in total. The maximum atomic E-state index is 12.0. The van der Waals surface area contributed by atoms with E-state index in [1.54, 1.807) is 18.3 Å². The minimum absolute atomic E-state index is 0. The van der Waals surface area contributed by atoms with E-state index in [2.05, 4.69) is 53.7 Å². The van der Waals surface area contributed by atoms with Gasteiger partial charge in [-0.2, -0.15) is 0 Å². The summed E-state index contributed by atoms with van der Waals surface area (Å²) in [6.45, 7) is 8.14. The molecule has 0 saturated carbocycles. The first kappa shape index (κ1) is 25.2. The molecule has 1 aliphatic rings. The number of nitrogens with zero attached hydrogens (tertiary/aromatic N) is 2. The third kappa shape index (κ3) is 7.87. The Labute approximate surface area is 187 Å². The van der Waals surface area contributed by atoms with Crippen molar-refractivity contribution >= 4 is 40.0 Å². The van der Waals surface area contributed by atoms with Crippen molar-refractivity contribution in [3.63, 3.8) is 0 Å². The molecule has 0 spiro atoms. The van der Waals surface area contributed by atoms with Crippen LogP contribution in [0.25, 0.3) is 0 Å². The fourth-order valence-corrected chi connectivity index (χ4v) is 4.52. The number of rotatable bonds is 7. The van der Waals surface area contributed by atoms with Crippen LogP contribution in [-0.4, -0.2) is 57.2 Å². The summed E-state index contributed by atoms with van der Waals surface area (Å²) >= 11 is 0. The van der Waals surface area contributed by atoms with Gasteiger partial charge in [0.1, 0.15) is 0 Å². The van der Waals surface area contributed by atoms with Crippen molar-refractivity contribution in [3.8, 4) is 0 Å². The van der Waals surface area contributed by atoms with E-state index in [1.807, 2.05) is 6.07 Å². The minimum atomic E-state index is -3.08. The van der Waals surface area contributed by atoms with Gasteiger partial charge in [-0.3, -0.25) is 4.99 Å². The van der Waals surface area contributed by atoms with Crippen LogP contribution in [0.1, 0.15) is 39.2 Å². The number of piperidine rings is 1. The SMILES string of the molecule is CCS(=O)(=O)N1CCC(NC(=NC)NCC(C)(C)Cc2ccccc2)CC1.I. The highest BCUT2D eigenvalue weighted by Gasteiger charge is 2.27. The average molecular weight is 522 g/mol. The van der Waals surface area contributed by atoms with Crippen LogP contribution in [0, 0.1) is 5.41 Å². The second-order valence-corrected chi connectivity index (χ2v) is 10.2. The zero-order chi connectivity index (χ0) is 19.9. The monoisotopic (exact) mass is 522 g/mol. The number of nitrogens with one attached hydrogen (secondary N) is 2. The number of sulfonamides is 1. The van der Waals surface area contributed by atoms with Gasteiger partial charge in [-0.1, -0.05) is 44.2 Å². The second-order valence-electron chi connectivity index (χ2n) is 7.97. The number of guanidine groups is 1. The third-order valence-electron chi connectivity index (χ3n) is 5.04. The number of halogens is 1. The Morgan fingerprint density at radius 2 is 1.82 bits per heavy atom. The lowest BCUT2D eigenvalue weighted by Crippen LogP contribution is -2.51. The standard InChI is InChI=1S/C20H34N4O2S.HI/c1-5-27(25,26)24-13-11-18(12-14-24)23-19(21-4)22-16-20(2,3)15-17-9-7-6-8-10-17;/h6-10,18H,5,11-16H2,1-4H3,(H2,21,22,23);1H. The molecule has 8 heteroatoms. The van der Waals surface area contributed by atoms with Gasteiger partial charge in [0.15, 0.2) is 5.96 Å². The van der Waals surface area contributed by atoms with Crippen LogP contribution < -0.4 is 10.6 Å². The Bertz CT molecular complexity index is 715. The molecule has 1 aromatic rings. The van der Waals surface area contributed by atoms with Gasteiger partial charge < -0.3 is 10.6 Å². The van der Waals surface area contributed by atoms with Gasteiger partial charge in [0.05, 0.1) is 5.75 Å². The van der Waals surface area contributed by atoms with E-state index < -0.39 is 10.0 Å². The summed E-state index contributed by atoms with van der Waals surface area (Å²) in [6.07, 6.45) is 2.59. The van der Waals surface area contributed by atoms with Crippen molar-refractivity contribution in [2.24, 2.45) is 10.4 Å². The van der Waals surface area contributed by atoms with Gasteiger partial charge in [0.2, 0.25) is 10.0 Å². The smallest absolute Gasteiger partial charge is 0.213 e. The quantitative estimate of drug-likeness (QED) is 0.328. The molecule has 1 fully saturated rings.